The number of nitrogen functional groups attached to an aromatic ring is 1. The standard InChI is InChI=1S/C16H14F3NO2/c1-9-5-11(7-12(6-9)16(17,18)19)13-4-3-10(8-14(13)20)15(21)22-2/h3-8H,20H2,1-2H3. The molecule has 0 aliphatic rings. The molecular formula is C16H14F3NO2. The first kappa shape index (κ1) is 15.9. The van der Waals surface area contributed by atoms with E-state index in [-0.39, 0.29) is 11.3 Å². The topological polar surface area (TPSA) is 52.3 Å². The van der Waals surface area contributed by atoms with Crippen molar-refractivity contribution in [1.29, 1.82) is 0 Å². The van der Waals surface area contributed by atoms with Crippen LogP contribution in [-0.2, 0) is 10.9 Å². The Labute approximate surface area is 125 Å². The molecule has 0 bridgehead atoms. The fourth-order valence-corrected chi connectivity index (χ4v) is 2.17. The van der Waals surface area contributed by atoms with Gasteiger partial charge in [-0.3, -0.25) is 0 Å². The van der Waals surface area contributed by atoms with Crippen LogP contribution in [0.1, 0.15) is 21.5 Å². The van der Waals surface area contributed by atoms with Crippen LogP contribution in [0.5, 0.6) is 0 Å². The van der Waals surface area contributed by atoms with Crippen LogP contribution in [0.15, 0.2) is 36.4 Å². The molecule has 0 heterocycles. The van der Waals surface area contributed by atoms with Crippen LogP contribution < -0.4 is 5.73 Å². The van der Waals surface area contributed by atoms with Gasteiger partial charge in [-0.2, -0.15) is 13.2 Å². The van der Waals surface area contributed by atoms with E-state index in [1.807, 2.05) is 0 Å². The number of carbonyl (C=O) groups excluding carboxylic acids is 1. The first-order valence-corrected chi connectivity index (χ1v) is 6.39. The van der Waals surface area contributed by atoms with Crippen molar-refractivity contribution >= 4 is 11.7 Å². The number of anilines is 1. The normalized spacial score (nSPS) is 11.3. The number of nitrogens with two attached hydrogens (primary N) is 1. The molecule has 0 radical (unpaired) electrons. The Morgan fingerprint density at radius 1 is 1.14 bits per heavy atom. The lowest BCUT2D eigenvalue weighted by Crippen LogP contribution is -2.06. The molecule has 0 unspecified atom stereocenters. The Morgan fingerprint density at radius 3 is 2.36 bits per heavy atom. The van der Waals surface area contributed by atoms with Crippen molar-refractivity contribution in [2.45, 2.75) is 13.1 Å². The molecule has 2 N–H and O–H groups in total. The summed E-state index contributed by atoms with van der Waals surface area (Å²) in [6.45, 7) is 1.58. The zero-order chi connectivity index (χ0) is 16.5. The van der Waals surface area contributed by atoms with Gasteiger partial charge in [0.25, 0.3) is 0 Å². The minimum absolute atomic E-state index is 0.210. The van der Waals surface area contributed by atoms with Crippen molar-refractivity contribution in [2.24, 2.45) is 0 Å². The van der Waals surface area contributed by atoms with Crippen LogP contribution in [0, 0.1) is 6.92 Å². The summed E-state index contributed by atoms with van der Waals surface area (Å²) >= 11 is 0. The van der Waals surface area contributed by atoms with Gasteiger partial charge in [-0.25, -0.2) is 4.79 Å². The molecule has 2 aromatic rings. The number of hydrogen-bond donors (Lipinski definition) is 1. The molecule has 0 atom stereocenters. The molecule has 0 aromatic heterocycles. The Balaban J connectivity index is 2.53. The number of alkyl halides is 3. The SMILES string of the molecule is COC(=O)c1ccc(-c2cc(C)cc(C(F)(F)F)c2)c(N)c1. The van der Waals surface area contributed by atoms with Gasteiger partial charge in [-0.05, 0) is 42.3 Å². The van der Waals surface area contributed by atoms with Crippen LogP contribution in [0.3, 0.4) is 0 Å². The lowest BCUT2D eigenvalue weighted by molar-refractivity contribution is -0.137. The number of halogens is 3. The smallest absolute Gasteiger partial charge is 0.416 e. The number of methoxy groups -OCH3 is 1. The van der Waals surface area contributed by atoms with Crippen molar-refractivity contribution in [1.82, 2.24) is 0 Å². The van der Waals surface area contributed by atoms with Crippen molar-refractivity contribution in [3.63, 3.8) is 0 Å². The maximum absolute atomic E-state index is 12.9. The second-order valence-electron chi connectivity index (χ2n) is 4.88. The van der Waals surface area contributed by atoms with Gasteiger partial charge in [0.15, 0.2) is 0 Å². The summed E-state index contributed by atoms with van der Waals surface area (Å²) in [4.78, 5) is 11.4. The largest absolute Gasteiger partial charge is 0.465 e. The molecular weight excluding hydrogens is 295 g/mol. The highest BCUT2D eigenvalue weighted by Crippen LogP contribution is 2.35. The van der Waals surface area contributed by atoms with Crippen LogP contribution in [0.2, 0.25) is 0 Å². The van der Waals surface area contributed by atoms with Crippen LogP contribution in [-0.4, -0.2) is 13.1 Å². The zero-order valence-electron chi connectivity index (χ0n) is 12.0. The fraction of sp³-hybridized carbons (Fsp3) is 0.188. The van der Waals surface area contributed by atoms with Gasteiger partial charge in [0.1, 0.15) is 0 Å². The number of carbonyl (C=O) groups is 1. The Hall–Kier alpha value is -2.50. The van der Waals surface area contributed by atoms with Gasteiger partial charge in [0, 0.05) is 11.3 Å². The van der Waals surface area contributed by atoms with Gasteiger partial charge < -0.3 is 10.5 Å². The summed E-state index contributed by atoms with van der Waals surface area (Å²) in [5.74, 6) is -0.557. The fourth-order valence-electron chi connectivity index (χ4n) is 2.17. The summed E-state index contributed by atoms with van der Waals surface area (Å²) in [5.41, 5.74) is 6.84. The van der Waals surface area contributed by atoms with Gasteiger partial charge in [0.2, 0.25) is 0 Å². The molecule has 0 aliphatic heterocycles. The second-order valence-corrected chi connectivity index (χ2v) is 4.88. The molecule has 2 aromatic carbocycles. The Kier molecular flexibility index (Phi) is 4.12. The Morgan fingerprint density at radius 2 is 1.82 bits per heavy atom. The number of rotatable bonds is 2. The number of esters is 1. The van der Waals surface area contributed by atoms with Crippen molar-refractivity contribution in [3.05, 3.63) is 53.1 Å². The van der Waals surface area contributed by atoms with Gasteiger partial charge in [-0.1, -0.05) is 12.1 Å². The van der Waals surface area contributed by atoms with E-state index in [0.717, 1.165) is 12.1 Å². The van der Waals surface area contributed by atoms with Gasteiger partial charge >= 0.3 is 12.1 Å². The minimum atomic E-state index is -4.43. The summed E-state index contributed by atoms with van der Waals surface area (Å²) < 4.78 is 43.2. The average Bonchev–Trinajstić information content (AvgIpc) is 2.44. The predicted octanol–water partition coefficient (Wildman–Crippen LogP) is 4.05. The molecule has 116 valence electrons. The lowest BCUT2D eigenvalue weighted by Gasteiger charge is -2.13. The van der Waals surface area contributed by atoms with E-state index in [4.69, 9.17) is 5.73 Å². The monoisotopic (exact) mass is 309 g/mol. The second kappa shape index (κ2) is 5.71. The molecule has 0 fully saturated rings. The van der Waals surface area contributed by atoms with E-state index in [1.54, 1.807) is 13.0 Å². The van der Waals surface area contributed by atoms with E-state index in [0.29, 0.717) is 16.7 Å². The van der Waals surface area contributed by atoms with Crippen LogP contribution in [0.4, 0.5) is 18.9 Å². The summed E-state index contributed by atoms with van der Waals surface area (Å²) in [7, 11) is 1.24. The molecule has 0 saturated carbocycles. The maximum atomic E-state index is 12.9. The van der Waals surface area contributed by atoms with E-state index in [9.17, 15) is 18.0 Å². The van der Waals surface area contributed by atoms with Crippen molar-refractivity contribution in [2.75, 3.05) is 12.8 Å². The third-order valence-electron chi connectivity index (χ3n) is 3.19. The predicted molar refractivity (Wildman–Crippen MR) is 77.4 cm³/mol. The highest BCUT2D eigenvalue weighted by molar-refractivity contribution is 5.92. The van der Waals surface area contributed by atoms with E-state index in [1.165, 1.54) is 25.3 Å². The molecule has 0 spiro atoms. The van der Waals surface area contributed by atoms with E-state index >= 15 is 0 Å². The number of benzene rings is 2. The van der Waals surface area contributed by atoms with E-state index < -0.39 is 17.7 Å². The Bertz CT molecular complexity index is 724. The lowest BCUT2D eigenvalue weighted by atomic mass is 9.97. The molecule has 2 rings (SSSR count). The number of ether oxygens (including phenoxy) is 1. The van der Waals surface area contributed by atoms with Crippen molar-refractivity contribution < 1.29 is 22.7 Å². The summed E-state index contributed by atoms with van der Waals surface area (Å²) in [6.07, 6.45) is -4.43. The zero-order valence-corrected chi connectivity index (χ0v) is 12.0. The number of aryl methyl sites for hydroxylation is 1. The molecule has 6 heteroatoms. The minimum Gasteiger partial charge on any atom is -0.465 e. The summed E-state index contributed by atoms with van der Waals surface area (Å²) in [5, 5.41) is 0. The molecule has 22 heavy (non-hydrogen) atoms. The molecule has 0 aliphatic carbocycles. The third kappa shape index (κ3) is 3.21. The first-order chi connectivity index (χ1) is 10.2. The molecule has 3 nitrogen and oxygen atoms in total. The van der Waals surface area contributed by atoms with Crippen molar-refractivity contribution in [3.8, 4) is 11.1 Å². The highest BCUT2D eigenvalue weighted by Gasteiger charge is 2.31. The van der Waals surface area contributed by atoms with Crippen LogP contribution >= 0.6 is 0 Å². The van der Waals surface area contributed by atoms with Gasteiger partial charge in [0.05, 0.1) is 18.2 Å². The first-order valence-electron chi connectivity index (χ1n) is 6.39. The quantitative estimate of drug-likeness (QED) is 0.672. The molecule has 0 amide bonds. The maximum Gasteiger partial charge on any atom is 0.416 e. The van der Waals surface area contributed by atoms with E-state index in [2.05, 4.69) is 4.74 Å². The highest BCUT2D eigenvalue weighted by atomic mass is 19.4. The van der Waals surface area contributed by atoms with Gasteiger partial charge in [-0.15, -0.1) is 0 Å². The summed E-state index contributed by atoms with van der Waals surface area (Å²) in [6, 6.07) is 8.08. The average molecular weight is 309 g/mol. The number of hydrogen-bond acceptors (Lipinski definition) is 3. The molecule has 0 saturated heterocycles. The van der Waals surface area contributed by atoms with Crippen LogP contribution in [0.25, 0.3) is 11.1 Å². The third-order valence-corrected chi connectivity index (χ3v) is 3.19.